The van der Waals surface area contributed by atoms with Crippen molar-refractivity contribution in [2.75, 3.05) is 19.7 Å². The third-order valence-corrected chi connectivity index (χ3v) is 9.03. The predicted octanol–water partition coefficient (Wildman–Crippen LogP) is 2.30. The highest BCUT2D eigenvalue weighted by Gasteiger charge is 2.74. The first-order valence-electron chi connectivity index (χ1n) is 15.1. The highest BCUT2D eigenvalue weighted by molar-refractivity contribution is 5.99. The molecule has 10 heteroatoms. The van der Waals surface area contributed by atoms with Gasteiger partial charge in [0, 0.05) is 19.5 Å². The van der Waals surface area contributed by atoms with Crippen LogP contribution >= 0.6 is 0 Å². The fourth-order valence-electron chi connectivity index (χ4n) is 6.87. The summed E-state index contributed by atoms with van der Waals surface area (Å²) in [6, 6.07) is 16.9. The summed E-state index contributed by atoms with van der Waals surface area (Å²) in [4.78, 5) is 58.5. The number of aliphatic hydroxyl groups is 1. The summed E-state index contributed by atoms with van der Waals surface area (Å²) in [5.41, 5.74) is 0.209. The molecule has 10 nitrogen and oxygen atoms in total. The lowest BCUT2D eigenvalue weighted by Gasteiger charge is -2.37. The summed E-state index contributed by atoms with van der Waals surface area (Å²) in [6.07, 6.45) is 6.32. The van der Waals surface area contributed by atoms with Crippen LogP contribution < -0.4 is 5.32 Å². The Balaban J connectivity index is 1.41. The molecular formula is C34H37N3O7. The molecule has 0 radical (unpaired) electrons. The number of hydrogen-bond donors (Lipinski definition) is 2. The number of esters is 1. The average molecular weight is 600 g/mol. The largest absolute Gasteiger partial charge is 0.455 e. The zero-order valence-electron chi connectivity index (χ0n) is 24.6. The van der Waals surface area contributed by atoms with Crippen molar-refractivity contribution in [3.63, 3.8) is 0 Å². The minimum atomic E-state index is -1.39. The molecule has 2 aromatic carbocycles. The number of nitrogens with one attached hydrogen (secondary N) is 1. The topological polar surface area (TPSA) is 125 Å². The first-order chi connectivity index (χ1) is 21.3. The fraction of sp³-hybridized carbons (Fsp3) is 0.412. The molecule has 2 aromatic rings. The zero-order chi connectivity index (χ0) is 30.8. The van der Waals surface area contributed by atoms with Crippen molar-refractivity contribution in [2.24, 2.45) is 11.8 Å². The number of hydrogen-bond acceptors (Lipinski definition) is 7. The summed E-state index contributed by atoms with van der Waals surface area (Å²) in [6.45, 7) is 1.89. The smallest absolute Gasteiger partial charge is 0.313 e. The molecular weight excluding hydrogens is 562 g/mol. The van der Waals surface area contributed by atoms with Crippen LogP contribution in [0.4, 0.5) is 0 Å². The van der Waals surface area contributed by atoms with E-state index in [4.69, 9.17) is 9.47 Å². The van der Waals surface area contributed by atoms with E-state index in [1.54, 1.807) is 24.0 Å². The number of carbonyl (C=O) groups is 4. The zero-order valence-corrected chi connectivity index (χ0v) is 24.6. The third kappa shape index (κ3) is 5.33. The molecule has 3 amide bonds. The highest BCUT2D eigenvalue weighted by Crippen LogP contribution is 2.56. The number of rotatable bonds is 5. The van der Waals surface area contributed by atoms with Crippen LogP contribution in [0.5, 0.6) is 0 Å². The minimum Gasteiger partial charge on any atom is -0.455 e. The maximum atomic E-state index is 14.6. The van der Waals surface area contributed by atoms with Crippen molar-refractivity contribution in [2.45, 2.75) is 56.2 Å². The number of amides is 3. The number of allylic oxidation sites excluding steroid dienone is 1. The molecule has 0 saturated carbocycles. The van der Waals surface area contributed by atoms with Crippen molar-refractivity contribution in [3.8, 4) is 0 Å². The Bertz CT molecular complexity index is 1460. The van der Waals surface area contributed by atoms with Gasteiger partial charge < -0.3 is 29.7 Å². The quantitative estimate of drug-likeness (QED) is 0.399. The van der Waals surface area contributed by atoms with Gasteiger partial charge in [-0.2, -0.15) is 0 Å². The van der Waals surface area contributed by atoms with Crippen molar-refractivity contribution in [1.82, 2.24) is 15.1 Å². The molecule has 230 valence electrons. The molecule has 2 N–H and O–H groups in total. The van der Waals surface area contributed by atoms with Gasteiger partial charge >= 0.3 is 5.97 Å². The van der Waals surface area contributed by atoms with Crippen molar-refractivity contribution < 1.29 is 33.8 Å². The number of nitrogens with zero attached hydrogens (tertiary/aromatic N) is 2. The molecule has 6 rings (SSSR count). The van der Waals surface area contributed by atoms with Crippen molar-refractivity contribution in [1.29, 1.82) is 0 Å². The Morgan fingerprint density at radius 2 is 1.73 bits per heavy atom. The molecule has 4 aliphatic rings. The van der Waals surface area contributed by atoms with Crippen molar-refractivity contribution >= 4 is 23.7 Å². The van der Waals surface area contributed by atoms with E-state index in [0.29, 0.717) is 12.0 Å². The maximum absolute atomic E-state index is 14.6. The van der Waals surface area contributed by atoms with Crippen LogP contribution in [0, 0.1) is 11.8 Å². The van der Waals surface area contributed by atoms with Crippen molar-refractivity contribution in [3.05, 3.63) is 96.1 Å². The van der Waals surface area contributed by atoms with Crippen LogP contribution in [-0.2, 0) is 35.2 Å². The second-order valence-corrected chi connectivity index (χ2v) is 11.8. The normalized spacial score (nSPS) is 31.9. The van der Waals surface area contributed by atoms with Crippen LogP contribution in [0.1, 0.15) is 37.0 Å². The van der Waals surface area contributed by atoms with E-state index in [9.17, 15) is 24.3 Å². The monoisotopic (exact) mass is 599 g/mol. The summed E-state index contributed by atoms with van der Waals surface area (Å²) in [7, 11) is 0. The van der Waals surface area contributed by atoms with Gasteiger partial charge in [-0.25, -0.2) is 0 Å². The summed E-state index contributed by atoms with van der Waals surface area (Å²) >= 11 is 0. The lowest BCUT2D eigenvalue weighted by Crippen LogP contribution is -2.57. The van der Waals surface area contributed by atoms with Gasteiger partial charge in [0.1, 0.15) is 23.7 Å². The summed E-state index contributed by atoms with van der Waals surface area (Å²) in [5, 5.41) is 13.1. The highest BCUT2D eigenvalue weighted by atomic mass is 16.6. The van der Waals surface area contributed by atoms with Crippen LogP contribution in [0.15, 0.2) is 85.0 Å². The van der Waals surface area contributed by atoms with Gasteiger partial charge in [-0.15, -0.1) is 0 Å². The van der Waals surface area contributed by atoms with Crippen LogP contribution in [-0.4, -0.2) is 82.1 Å². The first-order valence-corrected chi connectivity index (χ1v) is 15.1. The minimum absolute atomic E-state index is 0.0653. The molecule has 4 heterocycles. The van der Waals surface area contributed by atoms with Crippen LogP contribution in [0.25, 0.3) is 0 Å². The average Bonchev–Trinajstić information content (AvgIpc) is 3.69. The number of cyclic esters (lactones) is 1. The second-order valence-electron chi connectivity index (χ2n) is 11.8. The Labute approximate surface area is 256 Å². The molecule has 1 spiro atoms. The number of aliphatic hydroxyl groups excluding tert-OH is 1. The van der Waals surface area contributed by atoms with Crippen LogP contribution in [0.2, 0.25) is 0 Å². The Morgan fingerprint density at radius 1 is 1.00 bits per heavy atom. The molecule has 7 atom stereocenters. The lowest BCUT2D eigenvalue weighted by atomic mass is 9.74. The molecule has 5 bridgehead atoms. The van der Waals surface area contributed by atoms with Crippen LogP contribution in [0.3, 0.4) is 0 Å². The summed E-state index contributed by atoms with van der Waals surface area (Å²) in [5.74, 6) is -3.62. The Morgan fingerprint density at radius 3 is 2.45 bits per heavy atom. The van der Waals surface area contributed by atoms with E-state index in [-0.39, 0.29) is 44.5 Å². The van der Waals surface area contributed by atoms with Gasteiger partial charge in [0.15, 0.2) is 0 Å². The van der Waals surface area contributed by atoms with Gasteiger partial charge in [-0.1, -0.05) is 85.0 Å². The fourth-order valence-corrected chi connectivity index (χ4v) is 6.87. The molecule has 0 unspecified atom stereocenters. The number of fused-ring (bicyclic) bond motifs is 2. The lowest BCUT2D eigenvalue weighted by molar-refractivity contribution is -0.160. The third-order valence-electron chi connectivity index (χ3n) is 9.03. The Kier molecular flexibility index (Phi) is 8.38. The van der Waals surface area contributed by atoms with Gasteiger partial charge in [0.2, 0.25) is 17.7 Å². The SMILES string of the molecule is C[C@H](CO)N1C(=O)[C@H]2[C@@H]3C(=O)O[C@H](c4ccccc4)CNC(=O)CC/C=C\CN(Cc4ccccc4)C(=O)[C@H]1[C@@]21C=C[C@@H]3O1. The second kappa shape index (κ2) is 12.4. The van der Waals surface area contributed by atoms with E-state index in [2.05, 4.69) is 5.32 Å². The predicted molar refractivity (Wildman–Crippen MR) is 159 cm³/mol. The molecule has 4 aliphatic heterocycles. The number of likely N-dealkylation sites (tertiary alicyclic amines) is 1. The molecule has 2 fully saturated rings. The van der Waals surface area contributed by atoms with E-state index in [1.807, 2.05) is 72.8 Å². The standard InChI is InChI=1S/C34H37N3O7/c1-22(21-38)37-30-32(41)36(20-23-11-5-2-6-12-23)18-10-4-9-15-27(39)35-19-26(24-13-7-3-8-14-24)43-33(42)28-25-16-17-34(30,44-25)29(28)31(37)40/h2-8,10-14,16-17,22,25-26,28-30,38H,9,15,18-21H2,1H3,(H,35,39)/b10-4-/t22-,25+,26+,28-,29-,30+,34-/m1/s1. The van der Waals surface area contributed by atoms with Gasteiger partial charge in [-0.3, -0.25) is 19.2 Å². The van der Waals surface area contributed by atoms with Gasteiger partial charge in [0.25, 0.3) is 0 Å². The summed E-state index contributed by atoms with van der Waals surface area (Å²) < 4.78 is 12.5. The van der Waals surface area contributed by atoms with E-state index < -0.39 is 53.6 Å². The van der Waals surface area contributed by atoms with Gasteiger partial charge in [-0.05, 0) is 24.5 Å². The number of carbonyl (C=O) groups excluding carboxylic acids is 4. The maximum Gasteiger partial charge on any atom is 0.313 e. The first kappa shape index (κ1) is 29.8. The molecule has 44 heavy (non-hydrogen) atoms. The number of ether oxygens (including phenoxy) is 2. The van der Waals surface area contributed by atoms with E-state index in [0.717, 1.165) is 5.56 Å². The van der Waals surface area contributed by atoms with Gasteiger partial charge in [0.05, 0.1) is 31.2 Å². The Hall–Kier alpha value is -4.28. The molecule has 0 aliphatic carbocycles. The van der Waals surface area contributed by atoms with E-state index in [1.165, 1.54) is 4.90 Å². The molecule has 0 aromatic heterocycles. The molecule has 2 saturated heterocycles. The number of benzene rings is 2. The van der Waals surface area contributed by atoms with E-state index >= 15 is 0 Å².